The Bertz CT molecular complexity index is 303. The predicted molar refractivity (Wildman–Crippen MR) is 47.5 cm³/mol. The van der Waals surface area contributed by atoms with Gasteiger partial charge in [0.05, 0.1) is 4.88 Å². The highest BCUT2D eigenvalue weighted by molar-refractivity contribution is 7.13. The Hall–Kier alpha value is -1.36. The molecule has 1 rings (SSSR count). The van der Waals surface area contributed by atoms with E-state index in [1.54, 1.807) is 13.0 Å². The summed E-state index contributed by atoms with van der Waals surface area (Å²) in [5.74, 6) is 0. The Balaban J connectivity index is 3.01. The van der Waals surface area contributed by atoms with Gasteiger partial charge in [0, 0.05) is 0 Å². The van der Waals surface area contributed by atoms with Crippen molar-refractivity contribution in [1.29, 1.82) is 0 Å². The highest BCUT2D eigenvalue weighted by Gasteiger charge is 2.08. The van der Waals surface area contributed by atoms with E-state index in [0.717, 1.165) is 4.88 Å². The summed E-state index contributed by atoms with van der Waals surface area (Å²) < 4.78 is 0. The quantitative estimate of drug-likeness (QED) is 0.418. The number of thiophene rings is 1. The molecule has 0 aliphatic carbocycles. The van der Waals surface area contributed by atoms with Gasteiger partial charge in [-0.05, 0) is 18.4 Å². The van der Waals surface area contributed by atoms with Gasteiger partial charge in [0.2, 0.25) is 0 Å². The number of hydrogen-bond donors (Lipinski definition) is 2. The first-order chi connectivity index (χ1) is 5.79. The van der Waals surface area contributed by atoms with Gasteiger partial charge in [-0.2, -0.15) is 0 Å². The van der Waals surface area contributed by atoms with Crippen molar-refractivity contribution < 1.29 is 10.4 Å². The molecule has 0 saturated heterocycles. The lowest BCUT2D eigenvalue weighted by atomic mass is 10.2. The fourth-order valence-corrected chi connectivity index (χ4v) is 1.52. The zero-order chi connectivity index (χ0) is 8.97. The molecule has 0 aromatic carbocycles. The molecular formula is C7H8N2O2S. The number of oxime groups is 2. The third kappa shape index (κ3) is 1.62. The van der Waals surface area contributed by atoms with Crippen LogP contribution < -0.4 is 0 Å². The molecule has 0 bridgehead atoms. The second-order valence-corrected chi connectivity index (χ2v) is 3.06. The SMILES string of the molecule is CC(=N/O)/C(=N\O)c1cccs1. The zero-order valence-corrected chi connectivity index (χ0v) is 7.25. The fourth-order valence-electron chi connectivity index (χ4n) is 0.761. The molecule has 4 nitrogen and oxygen atoms in total. The van der Waals surface area contributed by atoms with Crippen molar-refractivity contribution in [2.45, 2.75) is 6.92 Å². The molecule has 0 aliphatic rings. The van der Waals surface area contributed by atoms with Gasteiger partial charge in [-0.3, -0.25) is 0 Å². The van der Waals surface area contributed by atoms with Crippen molar-refractivity contribution in [3.63, 3.8) is 0 Å². The minimum absolute atomic E-state index is 0.292. The normalized spacial score (nSPS) is 13.4. The van der Waals surface area contributed by atoms with Crippen molar-refractivity contribution >= 4 is 22.8 Å². The van der Waals surface area contributed by atoms with Crippen LogP contribution in [0.2, 0.25) is 0 Å². The lowest BCUT2D eigenvalue weighted by Gasteiger charge is -1.96. The van der Waals surface area contributed by atoms with Gasteiger partial charge in [0.25, 0.3) is 0 Å². The van der Waals surface area contributed by atoms with Crippen LogP contribution in [0.4, 0.5) is 0 Å². The minimum Gasteiger partial charge on any atom is -0.411 e. The molecule has 0 atom stereocenters. The molecule has 1 aromatic heterocycles. The van der Waals surface area contributed by atoms with Crippen molar-refractivity contribution in [1.82, 2.24) is 0 Å². The zero-order valence-electron chi connectivity index (χ0n) is 6.43. The Morgan fingerprint density at radius 2 is 2.17 bits per heavy atom. The van der Waals surface area contributed by atoms with Gasteiger partial charge >= 0.3 is 0 Å². The van der Waals surface area contributed by atoms with Crippen molar-refractivity contribution in [2.24, 2.45) is 10.3 Å². The van der Waals surface area contributed by atoms with E-state index in [1.165, 1.54) is 11.3 Å². The molecule has 1 heterocycles. The lowest BCUT2D eigenvalue weighted by Crippen LogP contribution is -2.10. The van der Waals surface area contributed by atoms with Gasteiger partial charge in [0.1, 0.15) is 11.4 Å². The summed E-state index contributed by atoms with van der Waals surface area (Å²) in [7, 11) is 0. The molecule has 64 valence electrons. The van der Waals surface area contributed by atoms with Gasteiger partial charge in [-0.15, -0.1) is 11.3 Å². The van der Waals surface area contributed by atoms with E-state index in [2.05, 4.69) is 10.3 Å². The average Bonchev–Trinajstić information content (AvgIpc) is 2.58. The molecule has 12 heavy (non-hydrogen) atoms. The van der Waals surface area contributed by atoms with Crippen LogP contribution >= 0.6 is 11.3 Å². The molecule has 0 spiro atoms. The lowest BCUT2D eigenvalue weighted by molar-refractivity contribution is 0.314. The van der Waals surface area contributed by atoms with Crippen LogP contribution in [0, 0.1) is 0 Å². The summed E-state index contributed by atoms with van der Waals surface area (Å²) in [6, 6.07) is 3.62. The molecule has 0 radical (unpaired) electrons. The van der Waals surface area contributed by atoms with E-state index in [9.17, 15) is 0 Å². The van der Waals surface area contributed by atoms with Crippen molar-refractivity contribution in [3.05, 3.63) is 22.4 Å². The Morgan fingerprint density at radius 1 is 1.42 bits per heavy atom. The first-order valence-corrected chi connectivity index (χ1v) is 4.12. The van der Waals surface area contributed by atoms with Crippen molar-refractivity contribution in [2.75, 3.05) is 0 Å². The van der Waals surface area contributed by atoms with E-state index in [4.69, 9.17) is 10.4 Å². The minimum atomic E-state index is 0.292. The molecule has 0 unspecified atom stereocenters. The summed E-state index contributed by atoms with van der Waals surface area (Å²) in [4.78, 5) is 0.771. The van der Waals surface area contributed by atoms with Gasteiger partial charge in [0.15, 0.2) is 0 Å². The van der Waals surface area contributed by atoms with Crippen LogP contribution in [-0.2, 0) is 0 Å². The van der Waals surface area contributed by atoms with Crippen molar-refractivity contribution in [3.8, 4) is 0 Å². The maximum atomic E-state index is 8.60. The van der Waals surface area contributed by atoms with Crippen LogP contribution in [0.15, 0.2) is 27.8 Å². The molecule has 5 heteroatoms. The Kier molecular flexibility index (Phi) is 2.82. The number of rotatable bonds is 2. The molecule has 0 aliphatic heterocycles. The second kappa shape index (κ2) is 3.87. The van der Waals surface area contributed by atoms with Gasteiger partial charge < -0.3 is 10.4 Å². The summed E-state index contributed by atoms with van der Waals surface area (Å²) in [5.41, 5.74) is 0.590. The maximum Gasteiger partial charge on any atom is 0.144 e. The third-order valence-electron chi connectivity index (χ3n) is 1.35. The van der Waals surface area contributed by atoms with E-state index >= 15 is 0 Å². The number of nitrogens with zero attached hydrogens (tertiary/aromatic N) is 2. The molecule has 0 fully saturated rings. The first-order valence-electron chi connectivity index (χ1n) is 3.24. The van der Waals surface area contributed by atoms with Crippen LogP contribution in [0.1, 0.15) is 11.8 Å². The van der Waals surface area contributed by atoms with Crippen LogP contribution in [0.25, 0.3) is 0 Å². The predicted octanol–water partition coefficient (Wildman–Crippen LogP) is 1.78. The molecule has 1 aromatic rings. The third-order valence-corrected chi connectivity index (χ3v) is 2.22. The largest absolute Gasteiger partial charge is 0.411 e. The standard InChI is InChI=1S/C7H8N2O2S/c1-5(8-10)7(9-11)6-3-2-4-12-6/h2-4,10-11H,1H3/b8-5-,9-7+. The molecule has 0 amide bonds. The topological polar surface area (TPSA) is 65.2 Å². The average molecular weight is 184 g/mol. The summed E-state index contributed by atoms with van der Waals surface area (Å²) in [5, 5.41) is 24.9. The van der Waals surface area contributed by atoms with E-state index in [-0.39, 0.29) is 0 Å². The first kappa shape index (κ1) is 8.73. The molecular weight excluding hydrogens is 176 g/mol. The Labute approximate surface area is 73.5 Å². The highest BCUT2D eigenvalue weighted by Crippen LogP contribution is 2.10. The monoisotopic (exact) mass is 184 g/mol. The smallest absolute Gasteiger partial charge is 0.144 e. The molecule has 2 N–H and O–H groups in total. The fraction of sp³-hybridized carbons (Fsp3) is 0.143. The van der Waals surface area contributed by atoms with Crippen LogP contribution in [0.3, 0.4) is 0 Å². The maximum absolute atomic E-state index is 8.60. The summed E-state index contributed by atoms with van der Waals surface area (Å²) in [6.07, 6.45) is 0. The highest BCUT2D eigenvalue weighted by atomic mass is 32.1. The van der Waals surface area contributed by atoms with E-state index < -0.39 is 0 Å². The second-order valence-electron chi connectivity index (χ2n) is 2.11. The summed E-state index contributed by atoms with van der Waals surface area (Å²) >= 11 is 1.42. The van der Waals surface area contributed by atoms with E-state index in [0.29, 0.717) is 11.4 Å². The number of hydrogen-bond acceptors (Lipinski definition) is 5. The van der Waals surface area contributed by atoms with Crippen LogP contribution in [-0.4, -0.2) is 21.8 Å². The van der Waals surface area contributed by atoms with Gasteiger partial charge in [-0.25, -0.2) is 0 Å². The molecule has 0 saturated carbocycles. The van der Waals surface area contributed by atoms with Gasteiger partial charge in [-0.1, -0.05) is 16.4 Å². The van der Waals surface area contributed by atoms with E-state index in [1.807, 2.05) is 11.4 Å². The Morgan fingerprint density at radius 3 is 2.58 bits per heavy atom. The summed E-state index contributed by atoms with van der Waals surface area (Å²) in [6.45, 7) is 1.56. The van der Waals surface area contributed by atoms with Crippen LogP contribution in [0.5, 0.6) is 0 Å².